The summed E-state index contributed by atoms with van der Waals surface area (Å²) in [6.45, 7) is 2.08. The summed E-state index contributed by atoms with van der Waals surface area (Å²) in [6.07, 6.45) is 8.48. The quantitative estimate of drug-likeness (QED) is 0.785. The Hall–Kier alpha value is -1.33. The van der Waals surface area contributed by atoms with Crippen molar-refractivity contribution in [1.29, 1.82) is 0 Å². The van der Waals surface area contributed by atoms with E-state index < -0.39 is 0 Å². The van der Waals surface area contributed by atoms with Crippen molar-refractivity contribution in [3.05, 3.63) is 35.6 Å². The molecular formula is C15H18FN. The van der Waals surface area contributed by atoms with Crippen molar-refractivity contribution in [3.8, 4) is 12.3 Å². The molecular weight excluding hydrogens is 213 g/mol. The molecule has 0 bridgehead atoms. The van der Waals surface area contributed by atoms with Crippen molar-refractivity contribution in [2.75, 3.05) is 0 Å². The summed E-state index contributed by atoms with van der Waals surface area (Å²) in [5.74, 6) is 3.08. The fourth-order valence-electron chi connectivity index (χ4n) is 2.35. The van der Waals surface area contributed by atoms with Crippen LogP contribution in [0.25, 0.3) is 0 Å². The van der Waals surface area contributed by atoms with Crippen molar-refractivity contribution in [3.63, 3.8) is 0 Å². The van der Waals surface area contributed by atoms with Gasteiger partial charge in [-0.15, -0.1) is 6.42 Å². The summed E-state index contributed by atoms with van der Waals surface area (Å²) in [6, 6.07) is 7.57. The molecule has 1 aliphatic rings. The van der Waals surface area contributed by atoms with Crippen LogP contribution >= 0.6 is 0 Å². The number of nitrogens with one attached hydrogen (secondary N) is 1. The standard InChI is InChI=1S/C15H18FN/c1-3-14(4-2)17-15-9-12(10-15)11-6-5-7-13(16)8-11/h1,5-8,12,14-15,17H,4,9-10H2,2H3. The van der Waals surface area contributed by atoms with E-state index in [4.69, 9.17) is 6.42 Å². The molecule has 0 aromatic heterocycles. The third kappa shape index (κ3) is 2.87. The maximum atomic E-state index is 13.1. The second kappa shape index (κ2) is 5.33. The van der Waals surface area contributed by atoms with Crippen LogP contribution in [0.3, 0.4) is 0 Å². The Morgan fingerprint density at radius 1 is 1.53 bits per heavy atom. The largest absolute Gasteiger partial charge is 0.301 e. The molecule has 2 heteroatoms. The summed E-state index contributed by atoms with van der Waals surface area (Å²) < 4.78 is 13.1. The third-order valence-electron chi connectivity index (χ3n) is 3.50. The van der Waals surface area contributed by atoms with Gasteiger partial charge in [0.1, 0.15) is 5.82 Å². The van der Waals surface area contributed by atoms with Crippen molar-refractivity contribution >= 4 is 0 Å². The Morgan fingerprint density at radius 3 is 2.88 bits per heavy atom. The number of benzene rings is 1. The summed E-state index contributed by atoms with van der Waals surface area (Å²) in [7, 11) is 0. The highest BCUT2D eigenvalue weighted by molar-refractivity contribution is 5.24. The van der Waals surface area contributed by atoms with E-state index in [9.17, 15) is 4.39 Å². The van der Waals surface area contributed by atoms with Crippen LogP contribution in [0, 0.1) is 18.2 Å². The number of rotatable bonds is 4. The Morgan fingerprint density at radius 2 is 2.29 bits per heavy atom. The lowest BCUT2D eigenvalue weighted by Gasteiger charge is -2.37. The molecule has 1 N–H and O–H groups in total. The molecule has 0 aliphatic heterocycles. The Bertz CT molecular complexity index is 415. The molecule has 90 valence electrons. The maximum Gasteiger partial charge on any atom is 0.123 e. The second-order valence-electron chi connectivity index (χ2n) is 4.71. The predicted octanol–water partition coefficient (Wildman–Crippen LogP) is 3.07. The van der Waals surface area contributed by atoms with Gasteiger partial charge in [0.25, 0.3) is 0 Å². The predicted molar refractivity (Wildman–Crippen MR) is 68.2 cm³/mol. The van der Waals surface area contributed by atoms with Crippen LogP contribution in [0.1, 0.15) is 37.7 Å². The smallest absolute Gasteiger partial charge is 0.123 e. The number of terminal acetylenes is 1. The summed E-state index contributed by atoms with van der Waals surface area (Å²) in [4.78, 5) is 0. The average molecular weight is 231 g/mol. The Labute approximate surface area is 102 Å². The fourth-order valence-corrected chi connectivity index (χ4v) is 2.35. The van der Waals surface area contributed by atoms with E-state index in [2.05, 4.69) is 18.2 Å². The molecule has 1 aliphatic carbocycles. The van der Waals surface area contributed by atoms with E-state index in [-0.39, 0.29) is 11.9 Å². The lowest BCUT2D eigenvalue weighted by atomic mass is 9.75. The van der Waals surface area contributed by atoms with Crippen LogP contribution < -0.4 is 5.32 Å². The zero-order valence-electron chi connectivity index (χ0n) is 10.1. The van der Waals surface area contributed by atoms with Crippen LogP contribution in [0.4, 0.5) is 4.39 Å². The van der Waals surface area contributed by atoms with E-state index in [1.165, 1.54) is 6.07 Å². The highest BCUT2D eigenvalue weighted by Crippen LogP contribution is 2.37. The number of hydrogen-bond donors (Lipinski definition) is 1. The van der Waals surface area contributed by atoms with E-state index in [0.29, 0.717) is 12.0 Å². The molecule has 1 unspecified atom stereocenters. The first-order valence-corrected chi connectivity index (χ1v) is 6.20. The molecule has 17 heavy (non-hydrogen) atoms. The highest BCUT2D eigenvalue weighted by atomic mass is 19.1. The molecule has 0 radical (unpaired) electrons. The molecule has 0 amide bonds. The van der Waals surface area contributed by atoms with Crippen molar-refractivity contribution in [2.45, 2.75) is 44.2 Å². The van der Waals surface area contributed by atoms with Crippen molar-refractivity contribution in [1.82, 2.24) is 5.32 Å². The lowest BCUT2D eigenvalue weighted by Crippen LogP contribution is -2.44. The van der Waals surface area contributed by atoms with E-state index >= 15 is 0 Å². The van der Waals surface area contributed by atoms with Gasteiger partial charge in [0.2, 0.25) is 0 Å². The van der Waals surface area contributed by atoms with Gasteiger partial charge in [-0.1, -0.05) is 25.0 Å². The first-order valence-electron chi connectivity index (χ1n) is 6.20. The second-order valence-corrected chi connectivity index (χ2v) is 4.71. The first kappa shape index (κ1) is 12.1. The third-order valence-corrected chi connectivity index (χ3v) is 3.50. The summed E-state index contributed by atoms with van der Waals surface area (Å²) in [5, 5.41) is 3.44. The van der Waals surface area contributed by atoms with Gasteiger partial charge >= 0.3 is 0 Å². The van der Waals surface area contributed by atoms with Crippen LogP contribution in [0.5, 0.6) is 0 Å². The van der Waals surface area contributed by atoms with E-state index in [0.717, 1.165) is 24.8 Å². The van der Waals surface area contributed by atoms with Crippen molar-refractivity contribution in [2.24, 2.45) is 0 Å². The molecule has 0 heterocycles. The van der Waals surface area contributed by atoms with Gasteiger partial charge in [0.05, 0.1) is 6.04 Å². The van der Waals surface area contributed by atoms with Crippen LogP contribution in [-0.4, -0.2) is 12.1 Å². The minimum atomic E-state index is -0.144. The van der Waals surface area contributed by atoms with Crippen molar-refractivity contribution < 1.29 is 4.39 Å². The summed E-state index contributed by atoms with van der Waals surface area (Å²) >= 11 is 0. The first-order chi connectivity index (χ1) is 8.22. The molecule has 1 nitrogen and oxygen atoms in total. The average Bonchev–Trinajstić information content (AvgIpc) is 2.28. The molecule has 1 aromatic rings. The highest BCUT2D eigenvalue weighted by Gasteiger charge is 2.31. The fraction of sp³-hybridized carbons (Fsp3) is 0.467. The Kier molecular flexibility index (Phi) is 3.81. The lowest BCUT2D eigenvalue weighted by molar-refractivity contribution is 0.277. The Balaban J connectivity index is 1.85. The molecule has 1 saturated carbocycles. The zero-order valence-corrected chi connectivity index (χ0v) is 10.1. The van der Waals surface area contributed by atoms with Gasteiger partial charge in [-0.05, 0) is 42.9 Å². The zero-order chi connectivity index (χ0) is 12.3. The van der Waals surface area contributed by atoms with Crippen LogP contribution in [-0.2, 0) is 0 Å². The summed E-state index contributed by atoms with van der Waals surface area (Å²) in [5.41, 5.74) is 1.11. The minimum Gasteiger partial charge on any atom is -0.301 e. The van der Waals surface area contributed by atoms with Gasteiger partial charge in [0.15, 0.2) is 0 Å². The van der Waals surface area contributed by atoms with Gasteiger partial charge in [-0.2, -0.15) is 0 Å². The van der Waals surface area contributed by atoms with Gasteiger partial charge in [-0.3, -0.25) is 0 Å². The normalized spacial score (nSPS) is 24.8. The van der Waals surface area contributed by atoms with Gasteiger partial charge in [0, 0.05) is 6.04 Å². The number of hydrogen-bond acceptors (Lipinski definition) is 1. The molecule has 1 aromatic carbocycles. The molecule has 1 atom stereocenters. The molecule has 0 spiro atoms. The molecule has 1 fully saturated rings. The SMILES string of the molecule is C#CC(CC)NC1CC(c2cccc(F)c2)C1. The molecule has 2 rings (SSSR count). The van der Waals surface area contributed by atoms with E-state index in [1.54, 1.807) is 12.1 Å². The van der Waals surface area contributed by atoms with E-state index in [1.807, 2.05) is 6.07 Å². The molecule has 0 saturated heterocycles. The monoisotopic (exact) mass is 231 g/mol. The van der Waals surface area contributed by atoms with Gasteiger partial charge in [-0.25, -0.2) is 4.39 Å². The maximum absolute atomic E-state index is 13.1. The van der Waals surface area contributed by atoms with Crippen LogP contribution in [0.2, 0.25) is 0 Å². The van der Waals surface area contributed by atoms with Gasteiger partial charge < -0.3 is 5.32 Å². The van der Waals surface area contributed by atoms with Crippen LogP contribution in [0.15, 0.2) is 24.3 Å². The topological polar surface area (TPSA) is 12.0 Å². The minimum absolute atomic E-state index is 0.144. The number of halogens is 1.